The van der Waals surface area contributed by atoms with Gasteiger partial charge >= 0.3 is 6.18 Å². The maximum absolute atomic E-state index is 12.9. The lowest BCUT2D eigenvalue weighted by Gasteiger charge is -2.24. The van der Waals surface area contributed by atoms with Gasteiger partial charge in [-0.1, -0.05) is 34.9 Å². The lowest BCUT2D eigenvalue weighted by atomic mass is 10.1. The third kappa shape index (κ3) is 6.16. The molecule has 0 fully saturated rings. The van der Waals surface area contributed by atoms with Gasteiger partial charge < -0.3 is 9.42 Å². The normalized spacial score (nSPS) is 11.7. The van der Waals surface area contributed by atoms with E-state index in [1.165, 1.54) is 12.1 Å². The summed E-state index contributed by atoms with van der Waals surface area (Å²) in [7, 11) is 0. The van der Waals surface area contributed by atoms with E-state index in [1.807, 2.05) is 38.1 Å². The van der Waals surface area contributed by atoms with Crippen molar-refractivity contribution in [1.82, 2.24) is 15.0 Å². The van der Waals surface area contributed by atoms with Gasteiger partial charge in [-0.15, -0.1) is 0 Å². The number of amides is 1. The standard InChI is InChI=1S/C22H21BrF3N3O2/c1-14(2)13-29(21(30)16-3-7-17(8-4-16)22(24,25)26)12-11-19-27-20(28-31-19)15-5-9-18(23)10-6-15/h3-10,14H,11-13H2,1-2H3. The number of aromatic nitrogens is 2. The Kier molecular flexibility index (Phi) is 7.15. The Bertz CT molecular complexity index is 1020. The molecule has 0 N–H and O–H groups in total. The zero-order chi connectivity index (χ0) is 22.6. The average molecular weight is 496 g/mol. The third-order valence-electron chi connectivity index (χ3n) is 4.50. The third-order valence-corrected chi connectivity index (χ3v) is 5.03. The Morgan fingerprint density at radius 1 is 1.10 bits per heavy atom. The van der Waals surface area contributed by atoms with Crippen molar-refractivity contribution in [2.75, 3.05) is 13.1 Å². The molecule has 0 saturated carbocycles. The van der Waals surface area contributed by atoms with E-state index in [2.05, 4.69) is 26.1 Å². The van der Waals surface area contributed by atoms with Crippen LogP contribution in [0.2, 0.25) is 0 Å². The van der Waals surface area contributed by atoms with Gasteiger partial charge in [0.1, 0.15) is 0 Å². The second-order valence-electron chi connectivity index (χ2n) is 7.49. The average Bonchev–Trinajstić information content (AvgIpc) is 3.19. The second-order valence-corrected chi connectivity index (χ2v) is 8.40. The smallest absolute Gasteiger partial charge is 0.339 e. The Balaban J connectivity index is 1.70. The second kappa shape index (κ2) is 9.64. The quantitative estimate of drug-likeness (QED) is 0.411. The molecule has 3 rings (SSSR count). The minimum absolute atomic E-state index is 0.180. The topological polar surface area (TPSA) is 59.2 Å². The first-order valence-corrected chi connectivity index (χ1v) is 10.5. The van der Waals surface area contributed by atoms with Crippen LogP contribution in [0.25, 0.3) is 11.4 Å². The van der Waals surface area contributed by atoms with E-state index in [0.29, 0.717) is 31.2 Å². The minimum Gasteiger partial charge on any atom is -0.339 e. The summed E-state index contributed by atoms with van der Waals surface area (Å²) in [4.78, 5) is 18.9. The summed E-state index contributed by atoms with van der Waals surface area (Å²) in [6.45, 7) is 4.68. The molecule has 1 amide bonds. The van der Waals surface area contributed by atoms with Crippen LogP contribution < -0.4 is 0 Å². The molecule has 3 aromatic rings. The first-order chi connectivity index (χ1) is 14.6. The highest BCUT2D eigenvalue weighted by molar-refractivity contribution is 9.10. The van der Waals surface area contributed by atoms with Crippen LogP contribution in [0.4, 0.5) is 13.2 Å². The Hall–Kier alpha value is -2.68. The molecular weight excluding hydrogens is 475 g/mol. The number of hydrogen-bond donors (Lipinski definition) is 0. The van der Waals surface area contributed by atoms with E-state index >= 15 is 0 Å². The molecule has 0 unspecified atom stereocenters. The lowest BCUT2D eigenvalue weighted by Crippen LogP contribution is -2.36. The molecule has 1 heterocycles. The Labute approximate surface area is 186 Å². The molecule has 0 saturated heterocycles. The van der Waals surface area contributed by atoms with Gasteiger partial charge in [0.05, 0.1) is 5.56 Å². The zero-order valence-electron chi connectivity index (χ0n) is 17.0. The van der Waals surface area contributed by atoms with Gasteiger partial charge in [-0.05, 0) is 54.4 Å². The molecule has 31 heavy (non-hydrogen) atoms. The first kappa shape index (κ1) is 23.0. The van der Waals surface area contributed by atoms with Gasteiger partial charge in [-0.3, -0.25) is 4.79 Å². The fraction of sp³-hybridized carbons (Fsp3) is 0.318. The van der Waals surface area contributed by atoms with Crippen LogP contribution in [0.15, 0.2) is 57.5 Å². The van der Waals surface area contributed by atoms with Crippen LogP contribution in [-0.4, -0.2) is 34.0 Å². The van der Waals surface area contributed by atoms with Crippen molar-refractivity contribution < 1.29 is 22.5 Å². The molecule has 1 aromatic heterocycles. The van der Waals surface area contributed by atoms with Crippen LogP contribution in [0, 0.1) is 5.92 Å². The van der Waals surface area contributed by atoms with E-state index in [9.17, 15) is 18.0 Å². The number of halogens is 4. The maximum Gasteiger partial charge on any atom is 0.416 e. The van der Waals surface area contributed by atoms with Crippen molar-refractivity contribution in [3.63, 3.8) is 0 Å². The fourth-order valence-electron chi connectivity index (χ4n) is 3.00. The number of rotatable bonds is 7. The molecule has 0 aliphatic carbocycles. The van der Waals surface area contributed by atoms with Crippen LogP contribution >= 0.6 is 15.9 Å². The van der Waals surface area contributed by atoms with E-state index in [-0.39, 0.29) is 17.4 Å². The van der Waals surface area contributed by atoms with Gasteiger partial charge in [-0.2, -0.15) is 18.2 Å². The number of carbonyl (C=O) groups excluding carboxylic acids is 1. The van der Waals surface area contributed by atoms with Crippen molar-refractivity contribution in [1.29, 1.82) is 0 Å². The van der Waals surface area contributed by atoms with Crippen molar-refractivity contribution in [3.8, 4) is 11.4 Å². The highest BCUT2D eigenvalue weighted by Crippen LogP contribution is 2.29. The summed E-state index contributed by atoms with van der Waals surface area (Å²) in [5, 5.41) is 3.98. The highest BCUT2D eigenvalue weighted by Gasteiger charge is 2.30. The molecule has 5 nitrogen and oxygen atoms in total. The molecule has 9 heteroatoms. The van der Waals surface area contributed by atoms with Crippen LogP contribution in [-0.2, 0) is 12.6 Å². The maximum atomic E-state index is 12.9. The summed E-state index contributed by atoms with van der Waals surface area (Å²) in [6.07, 6.45) is -4.10. The lowest BCUT2D eigenvalue weighted by molar-refractivity contribution is -0.137. The molecule has 0 spiro atoms. The SMILES string of the molecule is CC(C)CN(CCc1nc(-c2ccc(Br)cc2)no1)C(=O)c1ccc(C(F)(F)F)cc1. The van der Waals surface area contributed by atoms with Gasteiger partial charge in [0.2, 0.25) is 11.7 Å². The van der Waals surface area contributed by atoms with Crippen molar-refractivity contribution in [3.05, 3.63) is 70.0 Å². The summed E-state index contributed by atoms with van der Waals surface area (Å²) in [6, 6.07) is 11.7. The number of nitrogens with zero attached hydrogens (tertiary/aromatic N) is 3. The van der Waals surface area contributed by atoms with Crippen LogP contribution in [0.3, 0.4) is 0 Å². The molecule has 0 radical (unpaired) electrons. The van der Waals surface area contributed by atoms with Gasteiger partial charge in [0, 0.05) is 35.1 Å². The van der Waals surface area contributed by atoms with E-state index < -0.39 is 11.7 Å². The fourth-order valence-corrected chi connectivity index (χ4v) is 3.27. The monoisotopic (exact) mass is 495 g/mol. The zero-order valence-corrected chi connectivity index (χ0v) is 18.6. The molecular formula is C22H21BrF3N3O2. The number of carbonyl (C=O) groups is 1. The van der Waals surface area contributed by atoms with Gasteiger partial charge in [0.15, 0.2) is 0 Å². The van der Waals surface area contributed by atoms with Crippen LogP contribution in [0.5, 0.6) is 0 Å². The molecule has 0 aliphatic heterocycles. The first-order valence-electron chi connectivity index (χ1n) is 9.68. The molecule has 0 bridgehead atoms. The van der Waals surface area contributed by atoms with Crippen LogP contribution in [0.1, 0.15) is 35.7 Å². The Morgan fingerprint density at radius 2 is 1.74 bits per heavy atom. The molecule has 0 atom stereocenters. The molecule has 2 aromatic carbocycles. The summed E-state index contributed by atoms with van der Waals surface area (Å²) >= 11 is 3.37. The number of alkyl halides is 3. The van der Waals surface area contributed by atoms with Gasteiger partial charge in [-0.25, -0.2) is 0 Å². The van der Waals surface area contributed by atoms with Crippen molar-refractivity contribution in [2.24, 2.45) is 5.92 Å². The molecule has 164 valence electrons. The minimum atomic E-state index is -4.44. The Morgan fingerprint density at radius 3 is 2.32 bits per heavy atom. The summed E-state index contributed by atoms with van der Waals surface area (Å²) in [5.74, 6) is 0.674. The predicted octanol–water partition coefficient (Wildman–Crippen LogP) is 5.86. The summed E-state index contributed by atoms with van der Waals surface area (Å²) < 4.78 is 44.6. The van der Waals surface area contributed by atoms with E-state index in [0.717, 1.165) is 22.2 Å². The molecule has 0 aliphatic rings. The highest BCUT2D eigenvalue weighted by atomic mass is 79.9. The van der Waals surface area contributed by atoms with Crippen molar-refractivity contribution >= 4 is 21.8 Å². The van der Waals surface area contributed by atoms with E-state index in [1.54, 1.807) is 4.90 Å². The predicted molar refractivity (Wildman–Crippen MR) is 113 cm³/mol. The van der Waals surface area contributed by atoms with Gasteiger partial charge in [0.25, 0.3) is 5.91 Å². The van der Waals surface area contributed by atoms with E-state index in [4.69, 9.17) is 4.52 Å². The summed E-state index contributed by atoms with van der Waals surface area (Å²) in [5.41, 5.74) is 0.221. The van der Waals surface area contributed by atoms with Crippen molar-refractivity contribution in [2.45, 2.75) is 26.4 Å². The number of hydrogen-bond acceptors (Lipinski definition) is 4. The largest absolute Gasteiger partial charge is 0.416 e. The number of benzene rings is 2.